The Morgan fingerprint density at radius 3 is 0.696 bits per heavy atom. The van der Waals surface area contributed by atoms with Crippen molar-refractivity contribution in [3.8, 4) is 0 Å². The summed E-state index contributed by atoms with van der Waals surface area (Å²) in [5.74, 6) is -1.34. The maximum atomic E-state index is 13.1. The molecule has 3 N–H and O–H groups in total. The van der Waals surface area contributed by atoms with Crippen LogP contribution in [0.5, 0.6) is 0 Å². The lowest BCUT2D eigenvalue weighted by Crippen LogP contribution is -2.30. The molecule has 0 saturated carbocycles. The van der Waals surface area contributed by atoms with Gasteiger partial charge < -0.3 is 33.8 Å². The summed E-state index contributed by atoms with van der Waals surface area (Å²) in [5, 5.41) is 10.7. The lowest BCUT2D eigenvalue weighted by Gasteiger charge is -2.21. The van der Waals surface area contributed by atoms with Gasteiger partial charge in [0.1, 0.15) is 19.3 Å². The number of carbonyl (C=O) groups is 4. The van der Waals surface area contributed by atoms with Gasteiger partial charge in [0.25, 0.3) is 0 Å². The third-order valence-corrected chi connectivity index (χ3v) is 21.8. The van der Waals surface area contributed by atoms with Gasteiger partial charge in [-0.2, -0.15) is 0 Å². The summed E-state index contributed by atoms with van der Waals surface area (Å²) in [5.41, 5.74) is 0. The summed E-state index contributed by atoms with van der Waals surface area (Å²) in [7, 11) is -9.92. The number of hydrogen-bond donors (Lipinski definition) is 3. The molecule has 0 saturated heterocycles. The molecule has 0 fully saturated rings. The molecule has 102 heavy (non-hydrogen) atoms. The number of esters is 4. The predicted octanol–water partition coefficient (Wildman–Crippen LogP) is 25.2. The van der Waals surface area contributed by atoms with E-state index in [4.69, 9.17) is 37.0 Å². The standard InChI is InChI=1S/C83H162O17P2/c1-6-10-13-16-19-22-25-27-29-31-33-34-35-37-39-41-44-47-53-58-63-68-82(87)99-78(72-94-81(86)67-62-57-52-46-43-40-38-36-32-30-28-26-23-20-17-14-11-7-2)74-97-101(89,90)95-70-77(84)71-96-102(91,92)98-75-79(73-93-80(85)66-61-56-51-45-42-24-21-18-15-12-8-3)100-83(88)69-64-59-54-49-48-50-55-60-65-76(5)9-4/h76-79,84H,6-75H2,1-5H3,(H,89,90)(H,91,92)/t76?,77-,78-,79-/m1/s1. The van der Waals surface area contributed by atoms with Crippen molar-refractivity contribution in [3.63, 3.8) is 0 Å². The largest absolute Gasteiger partial charge is 0.472 e. The molecule has 0 rings (SSSR count). The molecule has 0 radical (unpaired) electrons. The predicted molar refractivity (Wildman–Crippen MR) is 418 cm³/mol. The highest BCUT2D eigenvalue weighted by Gasteiger charge is 2.30. The third kappa shape index (κ3) is 74.9. The van der Waals surface area contributed by atoms with Crippen molar-refractivity contribution >= 4 is 39.5 Å². The maximum Gasteiger partial charge on any atom is 0.472 e. The number of aliphatic hydroxyl groups excluding tert-OH is 1. The lowest BCUT2D eigenvalue weighted by atomic mass is 9.99. The number of phosphoric ester groups is 2. The molecule has 3 unspecified atom stereocenters. The van der Waals surface area contributed by atoms with E-state index in [1.807, 2.05) is 0 Å². The average Bonchev–Trinajstić information content (AvgIpc) is 0.915. The number of rotatable bonds is 83. The number of unbranched alkanes of at least 4 members (excludes halogenated alkanes) is 54. The molecular weight excluding hydrogens is 1330 g/mol. The SMILES string of the molecule is CCCCCCCCCCCCCCCCCCCCCCCC(=O)O[C@H](COC(=O)CCCCCCCCCCCCCCCCCCCC)COP(=O)(O)OC[C@@H](O)COP(=O)(O)OC[C@@H](COC(=O)CCCCCCCCCCCCC)OC(=O)CCCCCCCCCCC(C)CC. The summed E-state index contributed by atoms with van der Waals surface area (Å²) in [6.45, 7) is 7.33. The van der Waals surface area contributed by atoms with E-state index >= 15 is 0 Å². The highest BCUT2D eigenvalue weighted by Crippen LogP contribution is 2.45. The molecule has 0 aromatic rings. The Bertz CT molecular complexity index is 1950. The Kier molecular flexibility index (Phi) is 74.4. The minimum Gasteiger partial charge on any atom is -0.462 e. The Hall–Kier alpha value is -1.94. The molecular formula is C83H162O17P2. The zero-order valence-electron chi connectivity index (χ0n) is 66.8. The highest BCUT2D eigenvalue weighted by atomic mass is 31.2. The van der Waals surface area contributed by atoms with Crippen LogP contribution in [0.15, 0.2) is 0 Å². The van der Waals surface area contributed by atoms with Crippen LogP contribution in [0.25, 0.3) is 0 Å². The van der Waals surface area contributed by atoms with E-state index in [1.54, 1.807) is 0 Å². The topological polar surface area (TPSA) is 237 Å². The van der Waals surface area contributed by atoms with Crippen LogP contribution >= 0.6 is 15.6 Å². The maximum absolute atomic E-state index is 13.1. The molecule has 0 aromatic heterocycles. The molecule has 606 valence electrons. The monoisotopic (exact) mass is 1490 g/mol. The van der Waals surface area contributed by atoms with Crippen molar-refractivity contribution in [1.82, 2.24) is 0 Å². The van der Waals surface area contributed by atoms with Crippen molar-refractivity contribution in [2.45, 2.75) is 464 Å². The Balaban J connectivity index is 5.22. The van der Waals surface area contributed by atoms with Gasteiger partial charge in [0.15, 0.2) is 12.2 Å². The van der Waals surface area contributed by atoms with Crippen molar-refractivity contribution in [2.24, 2.45) is 5.92 Å². The van der Waals surface area contributed by atoms with E-state index in [2.05, 4.69) is 34.6 Å². The van der Waals surface area contributed by atoms with Crippen molar-refractivity contribution in [3.05, 3.63) is 0 Å². The smallest absolute Gasteiger partial charge is 0.462 e. The number of carbonyl (C=O) groups excluding carboxylic acids is 4. The number of ether oxygens (including phenoxy) is 4. The molecule has 0 heterocycles. The second-order valence-corrected chi connectivity index (χ2v) is 33.0. The minimum atomic E-state index is -4.96. The van der Waals surface area contributed by atoms with Gasteiger partial charge in [-0.1, -0.05) is 394 Å². The summed E-state index contributed by atoms with van der Waals surface area (Å²) in [6.07, 6.45) is 68.0. The first kappa shape index (κ1) is 100. The van der Waals surface area contributed by atoms with E-state index in [1.165, 1.54) is 270 Å². The van der Waals surface area contributed by atoms with Crippen molar-refractivity contribution in [2.75, 3.05) is 39.6 Å². The van der Waals surface area contributed by atoms with Crippen LogP contribution in [0.2, 0.25) is 0 Å². The first-order valence-corrected chi connectivity index (χ1v) is 46.2. The summed E-state index contributed by atoms with van der Waals surface area (Å²) >= 11 is 0. The van der Waals surface area contributed by atoms with Crippen molar-refractivity contribution < 1.29 is 80.2 Å². The van der Waals surface area contributed by atoms with Gasteiger partial charge in [0.2, 0.25) is 0 Å². The fourth-order valence-corrected chi connectivity index (χ4v) is 14.5. The van der Waals surface area contributed by atoms with Crippen molar-refractivity contribution in [1.29, 1.82) is 0 Å². The summed E-state index contributed by atoms with van der Waals surface area (Å²) in [6, 6.07) is 0. The molecule has 0 spiro atoms. The minimum absolute atomic E-state index is 0.106. The molecule has 0 aliphatic carbocycles. The van der Waals surface area contributed by atoms with Gasteiger partial charge in [-0.15, -0.1) is 0 Å². The molecule has 0 aromatic carbocycles. The third-order valence-electron chi connectivity index (χ3n) is 19.9. The first-order chi connectivity index (χ1) is 49.6. The van der Waals surface area contributed by atoms with Gasteiger partial charge in [0.05, 0.1) is 26.4 Å². The van der Waals surface area contributed by atoms with Gasteiger partial charge in [-0.05, 0) is 31.6 Å². The van der Waals surface area contributed by atoms with Crippen LogP contribution < -0.4 is 0 Å². The fourth-order valence-electron chi connectivity index (χ4n) is 12.9. The van der Waals surface area contributed by atoms with Gasteiger partial charge in [-0.25, -0.2) is 9.13 Å². The average molecular weight is 1490 g/mol. The molecule has 19 heteroatoms. The van der Waals surface area contributed by atoms with Crippen LogP contribution in [0.3, 0.4) is 0 Å². The van der Waals surface area contributed by atoms with Gasteiger partial charge in [-0.3, -0.25) is 37.3 Å². The molecule has 0 aliphatic heterocycles. The van der Waals surface area contributed by atoms with E-state index in [0.29, 0.717) is 25.7 Å². The Morgan fingerprint density at radius 1 is 0.275 bits per heavy atom. The second-order valence-electron chi connectivity index (χ2n) is 30.1. The van der Waals surface area contributed by atoms with E-state index in [0.717, 1.165) is 95.8 Å². The summed E-state index contributed by atoms with van der Waals surface area (Å²) in [4.78, 5) is 73.1. The van der Waals surface area contributed by atoms with Gasteiger partial charge in [0, 0.05) is 25.7 Å². The van der Waals surface area contributed by atoms with Crippen LogP contribution in [-0.2, 0) is 65.4 Å². The number of hydrogen-bond acceptors (Lipinski definition) is 15. The Morgan fingerprint density at radius 2 is 0.471 bits per heavy atom. The molecule has 0 amide bonds. The number of phosphoric acid groups is 2. The van der Waals surface area contributed by atoms with E-state index in [9.17, 15) is 43.2 Å². The highest BCUT2D eigenvalue weighted by molar-refractivity contribution is 7.47. The number of aliphatic hydroxyl groups is 1. The van der Waals surface area contributed by atoms with Crippen LogP contribution in [0, 0.1) is 5.92 Å². The van der Waals surface area contributed by atoms with E-state index < -0.39 is 97.5 Å². The second kappa shape index (κ2) is 75.9. The first-order valence-electron chi connectivity index (χ1n) is 43.2. The lowest BCUT2D eigenvalue weighted by molar-refractivity contribution is -0.161. The quantitative estimate of drug-likeness (QED) is 0.0222. The van der Waals surface area contributed by atoms with Gasteiger partial charge >= 0.3 is 39.5 Å². The zero-order chi connectivity index (χ0) is 74.8. The zero-order valence-corrected chi connectivity index (χ0v) is 68.5. The molecule has 17 nitrogen and oxygen atoms in total. The normalized spacial score (nSPS) is 14.1. The van der Waals surface area contributed by atoms with E-state index in [-0.39, 0.29) is 25.7 Å². The van der Waals surface area contributed by atoms with Crippen LogP contribution in [0.4, 0.5) is 0 Å². The molecule has 6 atom stereocenters. The fraction of sp³-hybridized carbons (Fsp3) is 0.952. The van der Waals surface area contributed by atoms with Crippen LogP contribution in [0.1, 0.15) is 446 Å². The molecule has 0 bridgehead atoms. The Labute approximate surface area is 626 Å². The molecule has 0 aliphatic rings. The van der Waals surface area contributed by atoms with Crippen LogP contribution in [-0.4, -0.2) is 96.7 Å². The summed E-state index contributed by atoms with van der Waals surface area (Å²) < 4.78 is 68.8.